The highest BCUT2D eigenvalue weighted by atomic mass is 16.5. The minimum Gasteiger partial charge on any atom is -0.462 e. The normalized spacial score (nSPS) is 10.6. The predicted octanol–water partition coefficient (Wildman–Crippen LogP) is 3.77. The third kappa shape index (κ3) is 4.24. The lowest BCUT2D eigenvalue weighted by atomic mass is 10.0. The van der Waals surface area contributed by atoms with Crippen LogP contribution in [-0.2, 0) is 4.74 Å². The van der Waals surface area contributed by atoms with Crippen LogP contribution in [0.2, 0.25) is 0 Å². The Morgan fingerprint density at radius 2 is 1.86 bits per heavy atom. The van der Waals surface area contributed by atoms with Crippen molar-refractivity contribution in [2.75, 3.05) is 11.9 Å². The van der Waals surface area contributed by atoms with Crippen molar-refractivity contribution < 1.29 is 19.1 Å². The molecule has 0 aliphatic heterocycles. The number of Topliss-reactive ketones (excluding diaryl/α,β-unsaturated/α-hetero) is 1. The van der Waals surface area contributed by atoms with Crippen LogP contribution in [0, 0.1) is 6.92 Å². The number of ketones is 1. The number of hydrogen-bond donors (Lipinski definition) is 2. The Morgan fingerprint density at radius 1 is 1.10 bits per heavy atom. The van der Waals surface area contributed by atoms with E-state index in [9.17, 15) is 14.4 Å². The van der Waals surface area contributed by atoms with Gasteiger partial charge in [0, 0.05) is 16.6 Å². The molecular weight excluding hydrogens is 370 g/mol. The summed E-state index contributed by atoms with van der Waals surface area (Å²) in [5, 5.41) is 3.67. The Hall–Kier alpha value is -3.74. The number of pyridine rings is 1. The van der Waals surface area contributed by atoms with Gasteiger partial charge in [-0.05, 0) is 56.7 Å². The molecule has 0 aliphatic rings. The van der Waals surface area contributed by atoms with Gasteiger partial charge in [-0.2, -0.15) is 0 Å². The third-order valence-corrected chi connectivity index (χ3v) is 4.42. The summed E-state index contributed by atoms with van der Waals surface area (Å²) in [6.07, 6.45) is 0. The highest BCUT2D eigenvalue weighted by Crippen LogP contribution is 2.27. The van der Waals surface area contributed by atoms with E-state index in [1.54, 1.807) is 49.4 Å². The molecule has 0 radical (unpaired) electrons. The van der Waals surface area contributed by atoms with Crippen molar-refractivity contribution in [1.29, 1.82) is 0 Å². The maximum Gasteiger partial charge on any atom is 0.338 e. The Bertz CT molecular complexity index is 1140. The number of ether oxygens (including phenoxy) is 1. The van der Waals surface area contributed by atoms with Gasteiger partial charge in [-0.25, -0.2) is 9.78 Å². The number of esters is 1. The molecule has 1 heterocycles. The molecule has 2 aromatic carbocycles. The number of carbonyl (C=O) groups excluding carboxylic acids is 3. The van der Waals surface area contributed by atoms with Crippen molar-refractivity contribution in [1.82, 2.24) is 4.98 Å². The van der Waals surface area contributed by atoms with Gasteiger partial charge >= 0.3 is 5.97 Å². The maximum absolute atomic E-state index is 12.1. The lowest BCUT2D eigenvalue weighted by molar-refractivity contribution is 0.0526. The monoisotopic (exact) mass is 391 g/mol. The number of primary amides is 1. The second-order valence-corrected chi connectivity index (χ2v) is 6.60. The molecular formula is C22H21N3O4. The Balaban J connectivity index is 2.11. The number of fused-ring (bicyclic) bond motifs is 1. The summed E-state index contributed by atoms with van der Waals surface area (Å²) in [7, 11) is 0. The van der Waals surface area contributed by atoms with Gasteiger partial charge in [-0.15, -0.1) is 0 Å². The van der Waals surface area contributed by atoms with Crippen LogP contribution in [0.5, 0.6) is 0 Å². The van der Waals surface area contributed by atoms with E-state index in [0.29, 0.717) is 27.7 Å². The van der Waals surface area contributed by atoms with Gasteiger partial charge in [0.2, 0.25) is 0 Å². The molecule has 148 valence electrons. The molecule has 0 bridgehead atoms. The summed E-state index contributed by atoms with van der Waals surface area (Å²) >= 11 is 0. The van der Waals surface area contributed by atoms with Crippen LogP contribution in [0.15, 0.2) is 42.5 Å². The number of nitrogens with zero attached hydrogens (tertiary/aromatic N) is 1. The van der Waals surface area contributed by atoms with Crippen molar-refractivity contribution in [2.45, 2.75) is 20.8 Å². The highest BCUT2D eigenvalue weighted by Gasteiger charge is 2.16. The first-order valence-electron chi connectivity index (χ1n) is 9.10. The zero-order valence-electron chi connectivity index (χ0n) is 16.4. The van der Waals surface area contributed by atoms with E-state index in [4.69, 9.17) is 10.5 Å². The Kier molecular flexibility index (Phi) is 5.59. The van der Waals surface area contributed by atoms with Crippen LogP contribution in [-0.4, -0.2) is 29.3 Å². The lowest BCUT2D eigenvalue weighted by Crippen LogP contribution is -2.15. The Labute approximate surface area is 167 Å². The van der Waals surface area contributed by atoms with Gasteiger partial charge in [0.05, 0.1) is 23.3 Å². The zero-order valence-corrected chi connectivity index (χ0v) is 16.4. The summed E-state index contributed by atoms with van der Waals surface area (Å²) in [6.45, 7) is 5.30. The number of benzene rings is 2. The van der Waals surface area contributed by atoms with E-state index in [0.717, 1.165) is 5.56 Å². The molecule has 1 amide bonds. The predicted molar refractivity (Wildman–Crippen MR) is 111 cm³/mol. The number of anilines is 2. The van der Waals surface area contributed by atoms with Gasteiger partial charge in [0.15, 0.2) is 5.78 Å². The quantitative estimate of drug-likeness (QED) is 0.489. The number of nitrogens with two attached hydrogens (primary N) is 1. The Morgan fingerprint density at radius 3 is 2.52 bits per heavy atom. The van der Waals surface area contributed by atoms with E-state index in [-0.39, 0.29) is 23.8 Å². The number of hydrogen-bond acceptors (Lipinski definition) is 6. The molecule has 3 N–H and O–H groups in total. The molecule has 0 aliphatic carbocycles. The molecule has 0 atom stereocenters. The molecule has 3 rings (SSSR count). The number of amides is 1. The van der Waals surface area contributed by atoms with E-state index < -0.39 is 11.9 Å². The van der Waals surface area contributed by atoms with Gasteiger partial charge in [-0.3, -0.25) is 9.59 Å². The van der Waals surface area contributed by atoms with E-state index in [1.165, 1.54) is 6.92 Å². The number of aromatic nitrogens is 1. The maximum atomic E-state index is 12.1. The first kappa shape index (κ1) is 20.0. The summed E-state index contributed by atoms with van der Waals surface area (Å²) in [5.74, 6) is -0.902. The fourth-order valence-electron chi connectivity index (χ4n) is 3.03. The summed E-state index contributed by atoms with van der Waals surface area (Å²) in [6, 6.07) is 11.8. The van der Waals surface area contributed by atoms with Gasteiger partial charge in [0.25, 0.3) is 5.91 Å². The van der Waals surface area contributed by atoms with Crippen LogP contribution >= 0.6 is 0 Å². The number of rotatable bonds is 6. The highest BCUT2D eigenvalue weighted by molar-refractivity contribution is 6.04. The van der Waals surface area contributed by atoms with Crippen LogP contribution < -0.4 is 11.1 Å². The topological polar surface area (TPSA) is 111 Å². The van der Waals surface area contributed by atoms with Gasteiger partial charge in [0.1, 0.15) is 5.82 Å². The first-order chi connectivity index (χ1) is 13.8. The molecule has 0 saturated carbocycles. The molecule has 0 spiro atoms. The van der Waals surface area contributed by atoms with Crippen molar-refractivity contribution in [3.63, 3.8) is 0 Å². The van der Waals surface area contributed by atoms with E-state index in [2.05, 4.69) is 10.3 Å². The standard InChI is InChI=1S/C22H21N3O4/c1-4-29-22(28)16-8-12(2)19-15(9-16)11-18(20(23)27)21(25-19)24-17-7-5-6-14(10-17)13(3)26/h5-11H,4H2,1-3H3,(H2,23,27)(H,24,25). The molecule has 0 unspecified atom stereocenters. The summed E-state index contributed by atoms with van der Waals surface area (Å²) < 4.78 is 5.05. The first-order valence-corrected chi connectivity index (χ1v) is 9.10. The summed E-state index contributed by atoms with van der Waals surface area (Å²) in [5.41, 5.74) is 8.62. The zero-order chi connectivity index (χ0) is 21.1. The lowest BCUT2D eigenvalue weighted by Gasteiger charge is -2.13. The smallest absolute Gasteiger partial charge is 0.338 e. The van der Waals surface area contributed by atoms with Crippen molar-refractivity contribution in [2.24, 2.45) is 5.73 Å². The van der Waals surface area contributed by atoms with Crippen molar-refractivity contribution >= 4 is 40.1 Å². The van der Waals surface area contributed by atoms with E-state index >= 15 is 0 Å². The second-order valence-electron chi connectivity index (χ2n) is 6.60. The molecule has 29 heavy (non-hydrogen) atoms. The molecule has 7 heteroatoms. The van der Waals surface area contributed by atoms with Crippen LogP contribution in [0.25, 0.3) is 10.9 Å². The molecule has 0 fully saturated rings. The second kappa shape index (κ2) is 8.10. The van der Waals surface area contributed by atoms with Crippen LogP contribution in [0.4, 0.5) is 11.5 Å². The van der Waals surface area contributed by atoms with Crippen molar-refractivity contribution in [3.8, 4) is 0 Å². The molecule has 1 aromatic heterocycles. The van der Waals surface area contributed by atoms with E-state index in [1.807, 2.05) is 6.92 Å². The minimum absolute atomic E-state index is 0.0717. The largest absolute Gasteiger partial charge is 0.462 e. The number of nitrogens with one attached hydrogen (secondary N) is 1. The van der Waals surface area contributed by atoms with Gasteiger partial charge < -0.3 is 15.8 Å². The third-order valence-electron chi connectivity index (χ3n) is 4.42. The average Bonchev–Trinajstić information content (AvgIpc) is 2.68. The van der Waals surface area contributed by atoms with Crippen molar-refractivity contribution in [3.05, 3.63) is 64.7 Å². The number of carbonyl (C=O) groups is 3. The molecule has 7 nitrogen and oxygen atoms in total. The van der Waals surface area contributed by atoms with Gasteiger partial charge in [-0.1, -0.05) is 12.1 Å². The fraction of sp³-hybridized carbons (Fsp3) is 0.182. The summed E-state index contributed by atoms with van der Waals surface area (Å²) in [4.78, 5) is 40.3. The van der Waals surface area contributed by atoms with Crippen LogP contribution in [0.3, 0.4) is 0 Å². The SMILES string of the molecule is CCOC(=O)c1cc(C)c2nc(Nc3cccc(C(C)=O)c3)c(C(N)=O)cc2c1. The molecule has 0 saturated heterocycles. The fourth-order valence-corrected chi connectivity index (χ4v) is 3.03. The molecule has 3 aromatic rings. The number of aryl methyl sites for hydroxylation is 1. The van der Waals surface area contributed by atoms with Crippen LogP contribution in [0.1, 0.15) is 50.5 Å². The average molecular weight is 391 g/mol. The minimum atomic E-state index is -0.663.